The van der Waals surface area contributed by atoms with Gasteiger partial charge >= 0.3 is 0 Å². The summed E-state index contributed by atoms with van der Waals surface area (Å²) in [4.78, 5) is 34.0. The third-order valence-electron chi connectivity index (χ3n) is 6.84. The van der Waals surface area contributed by atoms with E-state index < -0.39 is 12.1 Å². The number of carbonyl (C=O) groups is 2. The number of piperazine rings is 1. The van der Waals surface area contributed by atoms with Gasteiger partial charge in [0.2, 0.25) is 17.6 Å². The van der Waals surface area contributed by atoms with Gasteiger partial charge in [-0.15, -0.1) is 0 Å². The van der Waals surface area contributed by atoms with E-state index in [4.69, 9.17) is 14.2 Å². The molecule has 34 heavy (non-hydrogen) atoms. The highest BCUT2D eigenvalue weighted by atomic mass is 16.5. The fraction of sp³-hybridized carbons (Fsp3) is 0.385. The third kappa shape index (κ3) is 3.28. The van der Waals surface area contributed by atoms with Crippen LogP contribution in [-0.4, -0.2) is 67.1 Å². The summed E-state index contributed by atoms with van der Waals surface area (Å²) < 4.78 is 16.7. The molecule has 0 aliphatic carbocycles. The molecule has 1 N–H and O–H groups in total. The van der Waals surface area contributed by atoms with Gasteiger partial charge in [-0.2, -0.15) is 0 Å². The first-order valence-electron chi connectivity index (χ1n) is 11.5. The van der Waals surface area contributed by atoms with Crippen LogP contribution in [0.4, 0.5) is 0 Å². The molecule has 1 aromatic heterocycles. The van der Waals surface area contributed by atoms with Crippen LogP contribution in [0.2, 0.25) is 0 Å². The molecule has 178 valence electrons. The lowest BCUT2D eigenvalue weighted by Gasteiger charge is -2.47. The largest absolute Gasteiger partial charge is 0.493 e. The number of nitrogens with zero attached hydrogens (tertiary/aromatic N) is 2. The molecule has 3 heterocycles. The number of H-pyrrole nitrogens is 1. The van der Waals surface area contributed by atoms with Gasteiger partial charge in [0.15, 0.2) is 11.5 Å². The van der Waals surface area contributed by atoms with Crippen LogP contribution < -0.4 is 14.2 Å². The van der Waals surface area contributed by atoms with Crippen molar-refractivity contribution in [3.63, 3.8) is 0 Å². The highest BCUT2D eigenvalue weighted by Crippen LogP contribution is 2.46. The highest BCUT2D eigenvalue weighted by molar-refractivity contribution is 5.97. The van der Waals surface area contributed by atoms with E-state index in [1.807, 2.05) is 37.3 Å². The maximum Gasteiger partial charge on any atom is 0.246 e. The Morgan fingerprint density at radius 3 is 2.38 bits per heavy atom. The van der Waals surface area contributed by atoms with E-state index in [9.17, 15) is 9.59 Å². The van der Waals surface area contributed by atoms with Gasteiger partial charge in [-0.25, -0.2) is 0 Å². The summed E-state index contributed by atoms with van der Waals surface area (Å²) in [5.41, 5.74) is 3.75. The van der Waals surface area contributed by atoms with Crippen molar-refractivity contribution in [2.45, 2.75) is 31.8 Å². The molecule has 2 aliphatic rings. The van der Waals surface area contributed by atoms with Gasteiger partial charge < -0.3 is 29.0 Å². The van der Waals surface area contributed by atoms with Crippen LogP contribution in [0.15, 0.2) is 36.4 Å². The number of rotatable bonds is 6. The molecule has 2 aliphatic heterocycles. The van der Waals surface area contributed by atoms with Gasteiger partial charge in [0.05, 0.1) is 33.9 Å². The number of carbonyl (C=O) groups excluding carboxylic acids is 2. The van der Waals surface area contributed by atoms with E-state index in [1.54, 1.807) is 31.1 Å². The number of benzene rings is 2. The lowest BCUT2D eigenvalue weighted by molar-refractivity contribution is -0.158. The fourth-order valence-corrected chi connectivity index (χ4v) is 5.39. The number of methoxy groups -OCH3 is 3. The molecular weight excluding hydrogens is 434 g/mol. The topological polar surface area (TPSA) is 84.1 Å². The van der Waals surface area contributed by atoms with E-state index in [0.29, 0.717) is 30.2 Å². The molecule has 0 radical (unpaired) electrons. The molecule has 8 nitrogen and oxygen atoms in total. The molecule has 1 saturated heterocycles. The minimum atomic E-state index is -0.566. The van der Waals surface area contributed by atoms with Crippen LogP contribution in [0.1, 0.15) is 36.2 Å². The molecule has 1 unspecified atom stereocenters. The van der Waals surface area contributed by atoms with Crippen LogP contribution in [-0.2, 0) is 16.0 Å². The van der Waals surface area contributed by atoms with Crippen LogP contribution in [0.5, 0.6) is 17.2 Å². The van der Waals surface area contributed by atoms with E-state index in [1.165, 1.54) is 0 Å². The number of para-hydroxylation sites is 1. The number of hydrogen-bond donors (Lipinski definition) is 1. The first-order valence-corrected chi connectivity index (χ1v) is 11.5. The molecule has 3 aromatic rings. The van der Waals surface area contributed by atoms with Gasteiger partial charge in [-0.3, -0.25) is 9.59 Å². The van der Waals surface area contributed by atoms with Crippen LogP contribution in [0.3, 0.4) is 0 Å². The minimum absolute atomic E-state index is 0.00479. The van der Waals surface area contributed by atoms with E-state index in [2.05, 4.69) is 11.1 Å². The van der Waals surface area contributed by atoms with Gasteiger partial charge in [0.25, 0.3) is 0 Å². The number of hydrogen-bond acceptors (Lipinski definition) is 5. The Kier molecular flexibility index (Phi) is 5.59. The van der Waals surface area contributed by atoms with Crippen molar-refractivity contribution in [1.29, 1.82) is 0 Å². The Labute approximate surface area is 198 Å². The number of amides is 2. The van der Waals surface area contributed by atoms with Crippen molar-refractivity contribution in [2.24, 2.45) is 0 Å². The zero-order valence-corrected chi connectivity index (χ0v) is 19.9. The molecule has 1 fully saturated rings. The average molecular weight is 464 g/mol. The molecule has 2 amide bonds. The second-order valence-electron chi connectivity index (χ2n) is 8.70. The Hall–Kier alpha value is -3.68. The molecule has 2 atom stereocenters. The zero-order valence-electron chi connectivity index (χ0n) is 19.9. The summed E-state index contributed by atoms with van der Waals surface area (Å²) in [6, 6.07) is 10.7. The summed E-state index contributed by atoms with van der Waals surface area (Å²) in [5, 5.41) is 1.07. The zero-order chi connectivity index (χ0) is 24.0. The monoisotopic (exact) mass is 463 g/mol. The van der Waals surface area contributed by atoms with Gasteiger partial charge in [0, 0.05) is 29.6 Å². The SMILES string of the molecule is CCCN1CC(=O)N2C(c3cc(OC)c(OC)c(OC)c3)c3[nH]c4ccccc4c3C[C@@H]2C1=O. The van der Waals surface area contributed by atoms with Crippen molar-refractivity contribution in [3.05, 3.63) is 53.2 Å². The van der Waals surface area contributed by atoms with Crippen LogP contribution in [0, 0.1) is 0 Å². The molecule has 0 saturated carbocycles. The first kappa shape index (κ1) is 22.1. The van der Waals surface area contributed by atoms with Gasteiger partial charge in [0.1, 0.15) is 6.04 Å². The Balaban J connectivity index is 1.74. The maximum absolute atomic E-state index is 13.5. The summed E-state index contributed by atoms with van der Waals surface area (Å²) in [6.07, 6.45) is 1.28. The van der Waals surface area contributed by atoms with Crippen LogP contribution >= 0.6 is 0 Å². The predicted octanol–water partition coefficient (Wildman–Crippen LogP) is 3.29. The second-order valence-corrected chi connectivity index (χ2v) is 8.70. The standard InChI is InChI=1S/C26H29N3O5/c1-5-10-28-14-22(30)29-19(26(28)31)13-17-16-8-6-7-9-18(16)27-23(17)24(29)15-11-20(32-2)25(34-4)21(12-15)33-3/h6-9,11-12,19,24,27H,5,10,13-14H2,1-4H3/t19-,24?/m1/s1. The summed E-state index contributed by atoms with van der Waals surface area (Å²) in [5.74, 6) is 1.41. The molecular formula is C26H29N3O5. The van der Waals surface area contributed by atoms with Crippen molar-refractivity contribution in [1.82, 2.24) is 14.8 Å². The Morgan fingerprint density at radius 2 is 1.74 bits per heavy atom. The number of aromatic amines is 1. The lowest BCUT2D eigenvalue weighted by atomic mass is 9.86. The van der Waals surface area contributed by atoms with Crippen molar-refractivity contribution in [3.8, 4) is 17.2 Å². The number of fused-ring (bicyclic) bond motifs is 4. The van der Waals surface area contributed by atoms with E-state index >= 15 is 0 Å². The van der Waals surface area contributed by atoms with Crippen molar-refractivity contribution < 1.29 is 23.8 Å². The summed E-state index contributed by atoms with van der Waals surface area (Å²) >= 11 is 0. The predicted molar refractivity (Wildman–Crippen MR) is 127 cm³/mol. The van der Waals surface area contributed by atoms with Crippen molar-refractivity contribution >= 4 is 22.7 Å². The Morgan fingerprint density at radius 1 is 1.03 bits per heavy atom. The normalized spacial score (nSPS) is 19.8. The number of nitrogens with one attached hydrogen (secondary N) is 1. The van der Waals surface area contributed by atoms with Crippen molar-refractivity contribution in [2.75, 3.05) is 34.4 Å². The van der Waals surface area contributed by atoms with Crippen LogP contribution in [0.25, 0.3) is 10.9 Å². The highest BCUT2D eigenvalue weighted by Gasteiger charge is 2.48. The molecule has 2 aromatic carbocycles. The number of aromatic nitrogens is 1. The van der Waals surface area contributed by atoms with E-state index in [0.717, 1.165) is 34.1 Å². The number of ether oxygens (including phenoxy) is 3. The summed E-state index contributed by atoms with van der Waals surface area (Å²) in [6.45, 7) is 2.67. The lowest BCUT2D eigenvalue weighted by Crippen LogP contribution is -2.63. The summed E-state index contributed by atoms with van der Waals surface area (Å²) in [7, 11) is 4.69. The Bertz CT molecular complexity index is 1240. The minimum Gasteiger partial charge on any atom is -0.493 e. The average Bonchev–Trinajstić information content (AvgIpc) is 3.23. The second kappa shape index (κ2) is 8.59. The fourth-order valence-electron chi connectivity index (χ4n) is 5.39. The maximum atomic E-state index is 13.5. The molecule has 0 bridgehead atoms. The molecule has 0 spiro atoms. The molecule has 8 heteroatoms. The first-order chi connectivity index (χ1) is 16.5. The molecule has 5 rings (SSSR count). The van der Waals surface area contributed by atoms with Gasteiger partial charge in [-0.1, -0.05) is 25.1 Å². The third-order valence-corrected chi connectivity index (χ3v) is 6.84. The van der Waals surface area contributed by atoms with Gasteiger partial charge in [-0.05, 0) is 35.7 Å². The van der Waals surface area contributed by atoms with E-state index in [-0.39, 0.29) is 18.4 Å². The quantitative estimate of drug-likeness (QED) is 0.607. The smallest absolute Gasteiger partial charge is 0.246 e.